The fourth-order valence-electron chi connectivity index (χ4n) is 3.98. The van der Waals surface area contributed by atoms with Crippen molar-refractivity contribution in [1.29, 1.82) is 0 Å². The fourth-order valence-corrected chi connectivity index (χ4v) is 4.15. The molecule has 2 heterocycles. The summed E-state index contributed by atoms with van der Waals surface area (Å²) < 4.78 is 39.5. The van der Waals surface area contributed by atoms with Crippen LogP contribution in [0, 0.1) is 0 Å². The summed E-state index contributed by atoms with van der Waals surface area (Å²) in [5.74, 6) is -0.446. The summed E-state index contributed by atoms with van der Waals surface area (Å²) in [6, 6.07) is 3.92. The van der Waals surface area contributed by atoms with Crippen molar-refractivity contribution in [2.75, 3.05) is 58.2 Å². The summed E-state index contributed by atoms with van der Waals surface area (Å²) in [5.41, 5.74) is -1.19. The van der Waals surface area contributed by atoms with Crippen LogP contribution < -0.4 is 5.32 Å². The molecule has 0 aromatic heterocycles. The van der Waals surface area contributed by atoms with Crippen molar-refractivity contribution in [3.8, 4) is 0 Å². The van der Waals surface area contributed by atoms with Crippen LogP contribution in [0.5, 0.6) is 0 Å². The quantitative estimate of drug-likeness (QED) is 0.815. The molecule has 0 saturated carbocycles. The molecule has 0 radical (unpaired) electrons. The minimum Gasteiger partial charge on any atom is -0.324 e. The van der Waals surface area contributed by atoms with Crippen LogP contribution in [0.1, 0.15) is 18.4 Å². The summed E-state index contributed by atoms with van der Waals surface area (Å²) in [5, 5.41) is 2.37. The number of piperidine rings is 1. The topological polar surface area (TPSA) is 38.8 Å². The fraction of sp³-hybridized carbons (Fsp3) is 0.632. The lowest BCUT2D eigenvalue weighted by Crippen LogP contribution is -2.55. The van der Waals surface area contributed by atoms with Gasteiger partial charge in [-0.25, -0.2) is 0 Å². The van der Waals surface area contributed by atoms with Crippen LogP contribution in [0.25, 0.3) is 0 Å². The van der Waals surface area contributed by atoms with Gasteiger partial charge in [0, 0.05) is 43.8 Å². The van der Waals surface area contributed by atoms with Gasteiger partial charge < -0.3 is 10.2 Å². The van der Waals surface area contributed by atoms with Gasteiger partial charge in [0.25, 0.3) is 0 Å². The van der Waals surface area contributed by atoms with E-state index in [0.717, 1.165) is 45.3 Å². The Morgan fingerprint density at radius 1 is 1.21 bits per heavy atom. The summed E-state index contributed by atoms with van der Waals surface area (Å²) in [7, 11) is 2.14. The predicted molar refractivity (Wildman–Crippen MR) is 104 cm³/mol. The number of anilines is 1. The van der Waals surface area contributed by atoms with Gasteiger partial charge in [0.1, 0.15) is 0 Å². The van der Waals surface area contributed by atoms with Crippen molar-refractivity contribution in [3.05, 3.63) is 28.8 Å². The second-order valence-electron chi connectivity index (χ2n) is 7.61. The van der Waals surface area contributed by atoms with E-state index in [2.05, 4.69) is 22.2 Å². The Balaban J connectivity index is 1.51. The summed E-state index contributed by atoms with van der Waals surface area (Å²) in [4.78, 5) is 19.1. The van der Waals surface area contributed by atoms with Crippen molar-refractivity contribution in [2.45, 2.75) is 25.1 Å². The molecule has 1 aromatic rings. The summed E-state index contributed by atoms with van der Waals surface area (Å²) in [6.07, 6.45) is -2.18. The number of piperazine rings is 1. The Morgan fingerprint density at radius 3 is 2.57 bits per heavy atom. The second kappa shape index (κ2) is 8.98. The predicted octanol–water partition coefficient (Wildman–Crippen LogP) is 3.01. The van der Waals surface area contributed by atoms with Crippen molar-refractivity contribution in [2.24, 2.45) is 0 Å². The third kappa shape index (κ3) is 5.59. The third-order valence-corrected chi connectivity index (χ3v) is 5.69. The molecule has 0 spiro atoms. The Morgan fingerprint density at radius 2 is 1.93 bits per heavy atom. The van der Waals surface area contributed by atoms with Crippen LogP contribution in [0.3, 0.4) is 0 Å². The summed E-state index contributed by atoms with van der Waals surface area (Å²) in [6.45, 7) is 5.51. The molecular weight excluding hydrogens is 393 g/mol. The number of halogens is 4. The molecule has 2 saturated heterocycles. The molecule has 1 amide bonds. The van der Waals surface area contributed by atoms with Gasteiger partial charge in [0.15, 0.2) is 0 Å². The largest absolute Gasteiger partial charge is 0.418 e. The number of nitrogens with zero attached hydrogens (tertiary/aromatic N) is 3. The lowest BCUT2D eigenvalue weighted by Gasteiger charge is -2.42. The van der Waals surface area contributed by atoms with Crippen molar-refractivity contribution in [1.82, 2.24) is 14.7 Å². The third-order valence-electron chi connectivity index (χ3n) is 5.45. The lowest BCUT2D eigenvalue weighted by atomic mass is 10.0. The molecule has 0 aliphatic carbocycles. The minimum absolute atomic E-state index is 0.0187. The molecule has 5 nitrogen and oxygen atoms in total. The highest BCUT2D eigenvalue weighted by atomic mass is 35.5. The van der Waals surface area contributed by atoms with E-state index in [1.807, 2.05) is 4.90 Å². The maximum absolute atomic E-state index is 13.2. The number of alkyl halides is 3. The van der Waals surface area contributed by atoms with Crippen molar-refractivity contribution < 1.29 is 18.0 Å². The zero-order valence-corrected chi connectivity index (χ0v) is 16.7. The first-order valence-electron chi connectivity index (χ1n) is 9.54. The molecular formula is C19H26ClF3N4O. The van der Waals surface area contributed by atoms with E-state index in [0.29, 0.717) is 6.04 Å². The molecule has 2 aliphatic heterocycles. The molecule has 3 rings (SSSR count). The highest BCUT2D eigenvalue weighted by molar-refractivity contribution is 6.30. The number of hydrogen-bond acceptors (Lipinski definition) is 4. The van der Waals surface area contributed by atoms with Crippen LogP contribution in [0.4, 0.5) is 18.9 Å². The normalized spacial score (nSPS) is 23.0. The van der Waals surface area contributed by atoms with Gasteiger partial charge in [-0.2, -0.15) is 13.2 Å². The first kappa shape index (κ1) is 21.4. The van der Waals surface area contributed by atoms with Gasteiger partial charge in [0.2, 0.25) is 5.91 Å². The molecule has 2 fully saturated rings. The van der Waals surface area contributed by atoms with E-state index in [-0.39, 0.29) is 17.3 Å². The van der Waals surface area contributed by atoms with Gasteiger partial charge in [-0.15, -0.1) is 0 Å². The molecule has 0 bridgehead atoms. The molecule has 156 valence electrons. The van der Waals surface area contributed by atoms with Gasteiger partial charge >= 0.3 is 6.18 Å². The minimum atomic E-state index is -4.58. The van der Waals surface area contributed by atoms with Gasteiger partial charge in [-0.05, 0) is 44.6 Å². The number of carbonyl (C=O) groups is 1. The molecule has 1 N–H and O–H groups in total. The smallest absolute Gasteiger partial charge is 0.324 e. The highest BCUT2D eigenvalue weighted by Gasteiger charge is 2.34. The second-order valence-corrected chi connectivity index (χ2v) is 8.04. The zero-order valence-electron chi connectivity index (χ0n) is 15.9. The molecule has 1 aromatic carbocycles. The molecule has 28 heavy (non-hydrogen) atoms. The van der Waals surface area contributed by atoms with E-state index in [4.69, 9.17) is 11.6 Å². The number of likely N-dealkylation sites (tertiary alicyclic amines) is 1. The van der Waals surface area contributed by atoms with Gasteiger partial charge in [-0.1, -0.05) is 11.6 Å². The number of rotatable bonds is 4. The first-order chi connectivity index (χ1) is 13.2. The average Bonchev–Trinajstić information content (AvgIpc) is 2.63. The van der Waals surface area contributed by atoms with E-state index >= 15 is 0 Å². The van der Waals surface area contributed by atoms with Gasteiger partial charge in [0.05, 0.1) is 17.8 Å². The Bertz CT molecular complexity index is 692. The Hall–Kier alpha value is -1.35. The van der Waals surface area contributed by atoms with Crippen molar-refractivity contribution >= 4 is 23.2 Å². The van der Waals surface area contributed by atoms with Crippen molar-refractivity contribution in [3.63, 3.8) is 0 Å². The Labute approximate surface area is 168 Å². The number of amides is 1. The number of likely N-dealkylation sites (N-methyl/N-ethyl adjacent to an activating group) is 1. The number of benzene rings is 1. The first-order valence-corrected chi connectivity index (χ1v) is 9.92. The molecule has 1 atom stereocenters. The maximum atomic E-state index is 13.2. The highest BCUT2D eigenvalue weighted by Crippen LogP contribution is 2.36. The van der Waals surface area contributed by atoms with E-state index in [1.54, 1.807) is 0 Å². The zero-order chi connectivity index (χ0) is 20.3. The molecule has 9 heteroatoms. The van der Waals surface area contributed by atoms with E-state index < -0.39 is 17.6 Å². The summed E-state index contributed by atoms with van der Waals surface area (Å²) >= 11 is 5.67. The standard InChI is InChI=1S/C19H26ClF3N4O/c1-25-6-2-3-15(12-25)27-9-7-26(8-10-27)13-18(28)24-17-5-4-14(20)11-16(17)19(21,22)23/h4-5,11,15H,2-3,6-10,12-13H2,1H3,(H,24,28). The molecule has 2 aliphatic rings. The van der Waals surface area contributed by atoms with Crippen LogP contribution >= 0.6 is 11.6 Å². The van der Waals surface area contributed by atoms with Crippen LogP contribution in [-0.4, -0.2) is 79.5 Å². The molecule has 1 unspecified atom stereocenters. The maximum Gasteiger partial charge on any atom is 0.418 e. The van der Waals surface area contributed by atoms with E-state index in [1.165, 1.54) is 25.0 Å². The lowest BCUT2D eigenvalue weighted by molar-refractivity contribution is -0.137. The van der Waals surface area contributed by atoms with Crippen LogP contribution in [0.15, 0.2) is 18.2 Å². The van der Waals surface area contributed by atoms with E-state index in [9.17, 15) is 18.0 Å². The number of hydrogen-bond donors (Lipinski definition) is 1. The average molecular weight is 419 g/mol. The SMILES string of the molecule is CN1CCCC(N2CCN(CC(=O)Nc3ccc(Cl)cc3C(F)(F)F)CC2)C1. The van der Waals surface area contributed by atoms with Crippen LogP contribution in [0.2, 0.25) is 5.02 Å². The Kier molecular flexibility index (Phi) is 6.85. The van der Waals surface area contributed by atoms with Gasteiger partial charge in [-0.3, -0.25) is 14.6 Å². The van der Waals surface area contributed by atoms with Crippen LogP contribution in [-0.2, 0) is 11.0 Å². The number of nitrogens with one attached hydrogen (secondary N) is 1. The number of carbonyl (C=O) groups excluding carboxylic acids is 1. The monoisotopic (exact) mass is 418 g/mol.